The van der Waals surface area contributed by atoms with Crippen molar-refractivity contribution >= 4 is 51.9 Å². The first-order valence-electron chi connectivity index (χ1n) is 8.77. The van der Waals surface area contributed by atoms with Gasteiger partial charge in [0.25, 0.3) is 5.91 Å². The highest BCUT2D eigenvalue weighted by atomic mass is 35.5. The van der Waals surface area contributed by atoms with Crippen LogP contribution < -0.4 is 9.47 Å². The van der Waals surface area contributed by atoms with Gasteiger partial charge in [0, 0.05) is 26.2 Å². The average molecular weight is 465 g/mol. The van der Waals surface area contributed by atoms with Crippen molar-refractivity contribution < 1.29 is 27.8 Å². The van der Waals surface area contributed by atoms with Crippen molar-refractivity contribution in [2.45, 2.75) is 6.61 Å². The number of amides is 1. The summed E-state index contributed by atoms with van der Waals surface area (Å²) in [4.78, 5) is 17.0. The fraction of sp³-hybridized carbons (Fsp3) is 0.444. The second kappa shape index (κ2) is 10.0. The van der Waals surface area contributed by atoms with Crippen LogP contribution in [0.2, 0.25) is 5.02 Å². The predicted octanol–water partition coefficient (Wildman–Crippen LogP) is 3.48. The smallest absolute Gasteiger partial charge is 0.387 e. The first-order chi connectivity index (χ1) is 13.9. The lowest BCUT2D eigenvalue weighted by molar-refractivity contribution is -0.122. The number of carbonyl (C=O) groups is 1. The van der Waals surface area contributed by atoms with Crippen LogP contribution in [0.1, 0.15) is 5.56 Å². The molecule has 2 fully saturated rings. The number of benzene rings is 1. The summed E-state index contributed by atoms with van der Waals surface area (Å²) in [5, 5.41) is -0.0429. The molecule has 0 radical (unpaired) electrons. The quantitative estimate of drug-likeness (QED) is 0.452. The van der Waals surface area contributed by atoms with Crippen molar-refractivity contribution in [2.24, 2.45) is 0 Å². The SMILES string of the molecule is COc1cc(/C=C2\SC(=S)N(CCN3CCOCC3)C2=O)cc(Cl)c1OC(F)F. The Kier molecular flexibility index (Phi) is 7.69. The van der Waals surface area contributed by atoms with Crippen LogP contribution in [0, 0.1) is 0 Å². The van der Waals surface area contributed by atoms with E-state index in [2.05, 4.69) is 9.64 Å². The molecule has 2 heterocycles. The molecule has 0 spiro atoms. The zero-order valence-electron chi connectivity index (χ0n) is 15.5. The molecule has 11 heteroatoms. The van der Waals surface area contributed by atoms with Crippen molar-refractivity contribution in [1.82, 2.24) is 9.80 Å². The van der Waals surface area contributed by atoms with E-state index in [0.717, 1.165) is 13.1 Å². The number of carbonyl (C=O) groups excluding carboxylic acids is 1. The molecule has 2 saturated heterocycles. The second-order valence-corrected chi connectivity index (χ2v) is 8.28. The van der Waals surface area contributed by atoms with Crippen LogP contribution in [0.5, 0.6) is 11.5 Å². The minimum atomic E-state index is -3.03. The lowest BCUT2D eigenvalue weighted by Crippen LogP contribution is -2.42. The predicted molar refractivity (Wildman–Crippen MR) is 112 cm³/mol. The monoisotopic (exact) mass is 464 g/mol. The molecule has 2 aliphatic rings. The average Bonchev–Trinajstić information content (AvgIpc) is 2.95. The number of morpholine rings is 1. The van der Waals surface area contributed by atoms with Crippen LogP contribution in [0.25, 0.3) is 6.08 Å². The van der Waals surface area contributed by atoms with Crippen molar-refractivity contribution in [3.63, 3.8) is 0 Å². The van der Waals surface area contributed by atoms with E-state index in [1.807, 2.05) is 0 Å². The van der Waals surface area contributed by atoms with Crippen LogP contribution in [0.4, 0.5) is 8.78 Å². The van der Waals surface area contributed by atoms with Crippen LogP contribution in [0.3, 0.4) is 0 Å². The number of nitrogens with zero attached hydrogens (tertiary/aromatic N) is 2. The Morgan fingerprint density at radius 2 is 2.07 bits per heavy atom. The van der Waals surface area contributed by atoms with Gasteiger partial charge in [-0.25, -0.2) is 0 Å². The highest BCUT2D eigenvalue weighted by Gasteiger charge is 2.32. The van der Waals surface area contributed by atoms with Crippen LogP contribution >= 0.6 is 35.6 Å². The summed E-state index contributed by atoms with van der Waals surface area (Å²) < 4.78 is 40.4. The summed E-state index contributed by atoms with van der Waals surface area (Å²) >= 11 is 12.6. The number of alkyl halides is 2. The van der Waals surface area contributed by atoms with Gasteiger partial charge in [0.05, 0.1) is 30.3 Å². The molecular weight excluding hydrogens is 446 g/mol. The van der Waals surface area contributed by atoms with E-state index in [-0.39, 0.29) is 22.4 Å². The molecule has 1 amide bonds. The van der Waals surface area contributed by atoms with Gasteiger partial charge in [0.1, 0.15) is 4.32 Å². The Hall–Kier alpha value is -1.46. The van der Waals surface area contributed by atoms with E-state index in [1.165, 1.54) is 31.0 Å². The molecule has 0 aliphatic carbocycles. The number of hydrogen-bond acceptors (Lipinski definition) is 7. The number of hydrogen-bond donors (Lipinski definition) is 0. The van der Waals surface area contributed by atoms with E-state index in [9.17, 15) is 13.6 Å². The van der Waals surface area contributed by atoms with Gasteiger partial charge in [0.15, 0.2) is 11.5 Å². The molecule has 29 heavy (non-hydrogen) atoms. The first kappa shape index (κ1) is 22.2. The Labute approximate surface area is 181 Å². The van der Waals surface area contributed by atoms with Crippen molar-refractivity contribution in [3.05, 3.63) is 27.6 Å². The number of halogens is 3. The van der Waals surface area contributed by atoms with Crippen molar-refractivity contribution in [3.8, 4) is 11.5 Å². The molecule has 0 bridgehead atoms. The van der Waals surface area contributed by atoms with Gasteiger partial charge < -0.3 is 14.2 Å². The fourth-order valence-corrected chi connectivity index (χ4v) is 4.51. The highest BCUT2D eigenvalue weighted by molar-refractivity contribution is 8.26. The minimum absolute atomic E-state index is 0.0429. The third-order valence-electron chi connectivity index (χ3n) is 4.37. The van der Waals surface area contributed by atoms with Gasteiger partial charge in [-0.3, -0.25) is 14.6 Å². The normalized spacial score (nSPS) is 19.5. The van der Waals surface area contributed by atoms with Crippen molar-refractivity contribution in [2.75, 3.05) is 46.5 Å². The molecule has 158 valence electrons. The number of ether oxygens (including phenoxy) is 3. The van der Waals surface area contributed by atoms with Crippen LogP contribution in [0.15, 0.2) is 17.0 Å². The molecule has 0 unspecified atom stereocenters. The first-order valence-corrected chi connectivity index (χ1v) is 10.4. The van der Waals surface area contributed by atoms with Gasteiger partial charge in [-0.15, -0.1) is 0 Å². The molecule has 2 aliphatic heterocycles. The van der Waals surface area contributed by atoms with Crippen LogP contribution in [-0.4, -0.2) is 73.1 Å². The Balaban J connectivity index is 1.73. The lowest BCUT2D eigenvalue weighted by atomic mass is 10.2. The standard InChI is InChI=1S/C18H19ClF2N2O4S2/c1-25-13-9-11(8-12(19)15(13)27-17(20)21)10-14-16(24)23(18(28)29-14)3-2-22-4-6-26-7-5-22/h8-10,17H,2-7H2,1H3/b14-10-. The number of methoxy groups -OCH3 is 1. The highest BCUT2D eigenvalue weighted by Crippen LogP contribution is 2.39. The summed E-state index contributed by atoms with van der Waals surface area (Å²) in [5.41, 5.74) is 0.516. The maximum atomic E-state index is 12.8. The zero-order chi connectivity index (χ0) is 21.0. The van der Waals surface area contributed by atoms with Gasteiger partial charge >= 0.3 is 6.61 Å². The van der Waals surface area contributed by atoms with E-state index >= 15 is 0 Å². The molecule has 0 N–H and O–H groups in total. The molecule has 6 nitrogen and oxygen atoms in total. The minimum Gasteiger partial charge on any atom is -0.493 e. The summed E-state index contributed by atoms with van der Waals surface area (Å²) in [6.45, 7) is 1.20. The Bertz CT molecular complexity index is 819. The second-order valence-electron chi connectivity index (χ2n) is 6.20. The zero-order valence-corrected chi connectivity index (χ0v) is 17.9. The largest absolute Gasteiger partial charge is 0.493 e. The number of thioether (sulfide) groups is 1. The van der Waals surface area contributed by atoms with Gasteiger partial charge in [0.2, 0.25) is 0 Å². The summed E-state index contributed by atoms with van der Waals surface area (Å²) in [6.07, 6.45) is 1.61. The van der Waals surface area contributed by atoms with E-state index in [4.69, 9.17) is 33.3 Å². The third kappa shape index (κ3) is 5.58. The molecule has 1 aromatic carbocycles. The van der Waals surface area contributed by atoms with Gasteiger partial charge in [-0.2, -0.15) is 8.78 Å². The molecule has 0 aromatic heterocycles. The number of thiocarbonyl (C=S) groups is 1. The molecule has 0 atom stereocenters. The molecule has 3 rings (SSSR count). The van der Waals surface area contributed by atoms with Gasteiger partial charge in [-0.05, 0) is 23.8 Å². The maximum Gasteiger partial charge on any atom is 0.387 e. The summed E-state index contributed by atoms with van der Waals surface area (Å²) in [7, 11) is 1.32. The third-order valence-corrected chi connectivity index (χ3v) is 6.03. The maximum absolute atomic E-state index is 12.8. The Morgan fingerprint density at radius 3 is 2.72 bits per heavy atom. The van der Waals surface area contributed by atoms with E-state index in [1.54, 1.807) is 11.0 Å². The summed E-state index contributed by atoms with van der Waals surface area (Å²) in [6, 6.07) is 2.91. The Morgan fingerprint density at radius 1 is 1.34 bits per heavy atom. The van der Waals surface area contributed by atoms with Crippen molar-refractivity contribution in [1.29, 1.82) is 0 Å². The van der Waals surface area contributed by atoms with E-state index < -0.39 is 6.61 Å². The molecule has 1 aromatic rings. The molecule has 0 saturated carbocycles. The van der Waals surface area contributed by atoms with Gasteiger partial charge in [-0.1, -0.05) is 35.6 Å². The summed E-state index contributed by atoms with van der Waals surface area (Å²) in [5.74, 6) is -0.400. The topological polar surface area (TPSA) is 51.2 Å². The van der Waals surface area contributed by atoms with E-state index in [0.29, 0.717) is 41.1 Å². The van der Waals surface area contributed by atoms with Crippen LogP contribution in [-0.2, 0) is 9.53 Å². The lowest BCUT2D eigenvalue weighted by Gasteiger charge is -2.28. The number of rotatable bonds is 7. The fourth-order valence-electron chi connectivity index (χ4n) is 2.94. The molecular formula is C18H19ClF2N2O4S2.